The summed E-state index contributed by atoms with van der Waals surface area (Å²) >= 11 is 3.35. The molecule has 3 heteroatoms. The van der Waals surface area contributed by atoms with Crippen molar-refractivity contribution in [2.45, 2.75) is 0 Å². The molecule has 0 aromatic heterocycles. The number of hydrogen-bond donors (Lipinski definition) is 0. The minimum absolute atomic E-state index is 0.233. The maximum Gasteiger partial charge on any atom is 0.147 e. The van der Waals surface area contributed by atoms with Crippen LogP contribution in [0.4, 0.5) is 10.1 Å². The molecule has 70 valence electrons. The molecule has 0 aliphatic rings. The second-order valence-corrected chi connectivity index (χ2v) is 3.74. The van der Waals surface area contributed by atoms with Crippen molar-refractivity contribution in [1.82, 2.24) is 0 Å². The Morgan fingerprint density at radius 2 is 2.08 bits per heavy atom. The first-order chi connectivity index (χ1) is 6.07. The SMILES string of the molecule is C=Cc1c(Br)ccc(F)c1N(C)C. The van der Waals surface area contributed by atoms with Crippen LogP contribution in [0.25, 0.3) is 6.08 Å². The van der Waals surface area contributed by atoms with Crippen molar-refractivity contribution >= 4 is 27.7 Å². The average molecular weight is 244 g/mol. The third kappa shape index (κ3) is 1.91. The van der Waals surface area contributed by atoms with E-state index in [0.717, 1.165) is 10.0 Å². The first kappa shape index (κ1) is 10.3. The van der Waals surface area contributed by atoms with Crippen molar-refractivity contribution < 1.29 is 4.39 Å². The zero-order valence-corrected chi connectivity index (χ0v) is 9.23. The summed E-state index contributed by atoms with van der Waals surface area (Å²) in [5.41, 5.74) is 1.34. The van der Waals surface area contributed by atoms with Crippen molar-refractivity contribution in [3.63, 3.8) is 0 Å². The van der Waals surface area contributed by atoms with Gasteiger partial charge in [-0.25, -0.2) is 4.39 Å². The summed E-state index contributed by atoms with van der Waals surface area (Å²) in [4.78, 5) is 1.73. The van der Waals surface area contributed by atoms with Gasteiger partial charge in [-0.1, -0.05) is 28.6 Å². The predicted octanol–water partition coefficient (Wildman–Crippen LogP) is 3.30. The monoisotopic (exact) mass is 243 g/mol. The molecule has 0 aliphatic carbocycles. The molecule has 0 fully saturated rings. The molecule has 0 unspecified atom stereocenters. The lowest BCUT2D eigenvalue weighted by molar-refractivity contribution is 0.625. The standard InChI is InChI=1S/C10H11BrFN/c1-4-7-8(11)5-6-9(12)10(7)13(2)3/h4-6H,1H2,2-3H3. The number of halogens is 2. The molecular formula is C10H11BrFN. The largest absolute Gasteiger partial charge is 0.375 e. The highest BCUT2D eigenvalue weighted by molar-refractivity contribution is 9.10. The van der Waals surface area contributed by atoms with Gasteiger partial charge in [-0.2, -0.15) is 0 Å². The van der Waals surface area contributed by atoms with Crippen LogP contribution < -0.4 is 4.90 Å². The first-order valence-electron chi connectivity index (χ1n) is 3.85. The van der Waals surface area contributed by atoms with Gasteiger partial charge in [0, 0.05) is 24.1 Å². The third-order valence-corrected chi connectivity index (χ3v) is 2.46. The Hall–Kier alpha value is -0.830. The molecular weight excluding hydrogens is 233 g/mol. The number of anilines is 1. The molecule has 13 heavy (non-hydrogen) atoms. The highest BCUT2D eigenvalue weighted by atomic mass is 79.9. The molecule has 1 aromatic rings. The Bertz CT molecular complexity index is 334. The molecule has 0 saturated carbocycles. The smallest absolute Gasteiger partial charge is 0.147 e. The van der Waals surface area contributed by atoms with Gasteiger partial charge in [0.2, 0.25) is 0 Å². The van der Waals surface area contributed by atoms with Crippen LogP contribution in [0, 0.1) is 5.82 Å². The molecule has 0 saturated heterocycles. The van der Waals surface area contributed by atoms with Gasteiger partial charge in [0.25, 0.3) is 0 Å². The number of benzene rings is 1. The Morgan fingerprint density at radius 1 is 1.46 bits per heavy atom. The quantitative estimate of drug-likeness (QED) is 0.771. The van der Waals surface area contributed by atoms with Gasteiger partial charge in [-0.05, 0) is 12.1 Å². The van der Waals surface area contributed by atoms with Crippen LogP contribution >= 0.6 is 15.9 Å². The molecule has 0 atom stereocenters. The molecule has 1 aromatic carbocycles. The van der Waals surface area contributed by atoms with Crippen LogP contribution in [0.3, 0.4) is 0 Å². The molecule has 1 rings (SSSR count). The van der Waals surface area contributed by atoms with E-state index in [-0.39, 0.29) is 5.82 Å². The Labute approximate surface area is 86.0 Å². The summed E-state index contributed by atoms with van der Waals surface area (Å²) in [6, 6.07) is 3.12. The van der Waals surface area contributed by atoms with Gasteiger partial charge in [-0.3, -0.25) is 0 Å². The van der Waals surface area contributed by atoms with Crippen molar-refractivity contribution in [1.29, 1.82) is 0 Å². The van der Waals surface area contributed by atoms with E-state index in [1.54, 1.807) is 31.1 Å². The summed E-state index contributed by atoms with van der Waals surface area (Å²) < 4.78 is 14.2. The second-order valence-electron chi connectivity index (χ2n) is 2.89. The lowest BCUT2D eigenvalue weighted by atomic mass is 10.1. The summed E-state index contributed by atoms with van der Waals surface area (Å²) in [7, 11) is 3.61. The lowest BCUT2D eigenvalue weighted by Crippen LogP contribution is -2.12. The molecule has 0 heterocycles. The van der Waals surface area contributed by atoms with E-state index >= 15 is 0 Å². The van der Waals surface area contributed by atoms with Crippen LogP contribution in [-0.4, -0.2) is 14.1 Å². The minimum Gasteiger partial charge on any atom is -0.375 e. The van der Waals surface area contributed by atoms with E-state index in [2.05, 4.69) is 22.5 Å². The molecule has 1 nitrogen and oxygen atoms in total. The van der Waals surface area contributed by atoms with Crippen LogP contribution in [-0.2, 0) is 0 Å². The van der Waals surface area contributed by atoms with E-state index < -0.39 is 0 Å². The normalized spacial score (nSPS) is 9.85. The van der Waals surface area contributed by atoms with E-state index in [1.165, 1.54) is 6.07 Å². The summed E-state index contributed by atoms with van der Waals surface area (Å²) in [5.74, 6) is -0.233. The van der Waals surface area contributed by atoms with Crippen LogP contribution in [0.5, 0.6) is 0 Å². The number of rotatable bonds is 2. The summed E-state index contributed by atoms with van der Waals surface area (Å²) in [6.07, 6.45) is 1.64. The summed E-state index contributed by atoms with van der Waals surface area (Å²) in [6.45, 7) is 3.65. The second kappa shape index (κ2) is 3.92. The number of hydrogen-bond acceptors (Lipinski definition) is 1. The molecule has 0 bridgehead atoms. The maximum absolute atomic E-state index is 13.4. The van der Waals surface area contributed by atoms with E-state index in [1.807, 2.05) is 0 Å². The molecule has 0 aliphatic heterocycles. The minimum atomic E-state index is -0.233. The van der Waals surface area contributed by atoms with Crippen LogP contribution in [0.15, 0.2) is 23.2 Å². The Balaban J connectivity index is 3.43. The zero-order valence-electron chi connectivity index (χ0n) is 7.64. The zero-order chi connectivity index (χ0) is 10.0. The highest BCUT2D eigenvalue weighted by Crippen LogP contribution is 2.30. The highest BCUT2D eigenvalue weighted by Gasteiger charge is 2.10. The van der Waals surface area contributed by atoms with E-state index in [9.17, 15) is 4.39 Å². The van der Waals surface area contributed by atoms with Gasteiger partial charge in [0.1, 0.15) is 5.82 Å². The van der Waals surface area contributed by atoms with Gasteiger partial charge in [-0.15, -0.1) is 0 Å². The Kier molecular flexibility index (Phi) is 3.09. The van der Waals surface area contributed by atoms with Crippen molar-refractivity contribution in [2.75, 3.05) is 19.0 Å². The van der Waals surface area contributed by atoms with Gasteiger partial charge < -0.3 is 4.90 Å². The fourth-order valence-corrected chi connectivity index (χ4v) is 1.69. The fraction of sp³-hybridized carbons (Fsp3) is 0.200. The first-order valence-corrected chi connectivity index (χ1v) is 4.65. The third-order valence-electron chi connectivity index (χ3n) is 1.77. The number of nitrogens with zero attached hydrogens (tertiary/aromatic N) is 1. The summed E-state index contributed by atoms with van der Waals surface area (Å²) in [5, 5.41) is 0. The van der Waals surface area contributed by atoms with Crippen molar-refractivity contribution in [3.05, 3.63) is 34.6 Å². The molecule has 0 amide bonds. The average Bonchev–Trinajstić information content (AvgIpc) is 2.07. The predicted molar refractivity (Wildman–Crippen MR) is 58.5 cm³/mol. The molecule has 0 N–H and O–H groups in total. The van der Waals surface area contributed by atoms with Crippen molar-refractivity contribution in [2.24, 2.45) is 0 Å². The van der Waals surface area contributed by atoms with E-state index in [4.69, 9.17) is 0 Å². The fourth-order valence-electron chi connectivity index (χ4n) is 1.21. The van der Waals surface area contributed by atoms with Gasteiger partial charge in [0.15, 0.2) is 0 Å². The topological polar surface area (TPSA) is 3.24 Å². The van der Waals surface area contributed by atoms with Crippen LogP contribution in [0.1, 0.15) is 5.56 Å². The Morgan fingerprint density at radius 3 is 2.46 bits per heavy atom. The molecule has 0 spiro atoms. The molecule has 0 radical (unpaired) electrons. The van der Waals surface area contributed by atoms with Gasteiger partial charge >= 0.3 is 0 Å². The van der Waals surface area contributed by atoms with E-state index in [0.29, 0.717) is 5.69 Å². The van der Waals surface area contributed by atoms with Crippen LogP contribution in [0.2, 0.25) is 0 Å². The van der Waals surface area contributed by atoms with Crippen molar-refractivity contribution in [3.8, 4) is 0 Å². The maximum atomic E-state index is 13.4. The lowest BCUT2D eigenvalue weighted by Gasteiger charge is -2.17. The van der Waals surface area contributed by atoms with Gasteiger partial charge in [0.05, 0.1) is 5.69 Å².